The highest BCUT2D eigenvalue weighted by Gasteiger charge is 1.98. The highest BCUT2D eigenvalue weighted by molar-refractivity contribution is 7.80. The lowest BCUT2D eigenvalue weighted by Crippen LogP contribution is -2.08. The van der Waals surface area contributed by atoms with Gasteiger partial charge in [0.05, 0.1) is 6.61 Å². The Bertz CT molecular complexity index is 311. The standard InChI is InChI=1S/C4H11N.C4H6O2.C2H6O4S/c1-4-5(2)3;1-3(2)4(5)6;1-2-6-7(3,4)5/h4H2,1-3H3;1H2,2H3,(H,5,6);2H2,1H3,(H,3,4,5). The molecule has 7 nitrogen and oxygen atoms in total. The van der Waals surface area contributed by atoms with Crippen molar-refractivity contribution >= 4 is 16.4 Å². The lowest BCUT2D eigenvalue weighted by molar-refractivity contribution is -0.132. The molecule has 0 aromatic heterocycles. The van der Waals surface area contributed by atoms with Crippen LogP contribution in [-0.4, -0.2) is 56.2 Å². The van der Waals surface area contributed by atoms with Crippen LogP contribution in [0.1, 0.15) is 20.8 Å². The molecule has 0 radical (unpaired) electrons. The first-order valence-electron chi connectivity index (χ1n) is 5.13. The second-order valence-corrected chi connectivity index (χ2v) is 4.41. The molecule has 0 unspecified atom stereocenters. The Hall–Kier alpha value is -0.960. The molecule has 0 saturated heterocycles. The van der Waals surface area contributed by atoms with E-state index in [-0.39, 0.29) is 12.2 Å². The fourth-order valence-corrected chi connectivity index (χ4v) is 0.447. The van der Waals surface area contributed by atoms with Crippen molar-refractivity contribution in [2.24, 2.45) is 0 Å². The van der Waals surface area contributed by atoms with Crippen molar-refractivity contribution in [2.45, 2.75) is 20.8 Å². The summed E-state index contributed by atoms with van der Waals surface area (Å²) in [4.78, 5) is 11.7. The second-order valence-electron chi connectivity index (χ2n) is 3.32. The van der Waals surface area contributed by atoms with Crippen LogP contribution in [0.3, 0.4) is 0 Å². The summed E-state index contributed by atoms with van der Waals surface area (Å²) in [5.74, 6) is -0.935. The molecule has 0 atom stereocenters. The van der Waals surface area contributed by atoms with Crippen molar-refractivity contribution in [3.05, 3.63) is 12.2 Å². The number of carboxylic acids is 1. The number of aliphatic carboxylic acids is 1. The van der Waals surface area contributed by atoms with Crippen LogP contribution in [0.5, 0.6) is 0 Å². The lowest BCUT2D eigenvalue weighted by atomic mass is 10.4. The molecule has 0 amide bonds. The van der Waals surface area contributed by atoms with Gasteiger partial charge in [0.2, 0.25) is 0 Å². The highest BCUT2D eigenvalue weighted by atomic mass is 32.3. The van der Waals surface area contributed by atoms with Crippen LogP contribution in [0.2, 0.25) is 0 Å². The Balaban J connectivity index is -0.000000190. The molecule has 2 N–H and O–H groups in total. The summed E-state index contributed by atoms with van der Waals surface area (Å²) in [7, 11) is -0.0631. The topological polar surface area (TPSA) is 104 Å². The van der Waals surface area contributed by atoms with Gasteiger partial charge in [0.1, 0.15) is 0 Å². The van der Waals surface area contributed by atoms with Crippen LogP contribution in [0, 0.1) is 0 Å². The van der Waals surface area contributed by atoms with Crippen molar-refractivity contribution in [3.63, 3.8) is 0 Å². The van der Waals surface area contributed by atoms with E-state index in [1.54, 1.807) is 0 Å². The van der Waals surface area contributed by atoms with Gasteiger partial charge in [0.25, 0.3) is 0 Å². The van der Waals surface area contributed by atoms with Gasteiger partial charge in [0, 0.05) is 5.57 Å². The summed E-state index contributed by atoms with van der Waals surface area (Å²) >= 11 is 0. The number of rotatable bonds is 4. The summed E-state index contributed by atoms with van der Waals surface area (Å²) in [6.45, 7) is 9.30. The zero-order valence-corrected chi connectivity index (χ0v) is 12.3. The third kappa shape index (κ3) is 36.3. The van der Waals surface area contributed by atoms with Gasteiger partial charge in [-0.15, -0.1) is 0 Å². The van der Waals surface area contributed by atoms with Crippen LogP contribution in [0.15, 0.2) is 12.2 Å². The maximum atomic E-state index is 9.60. The normalized spacial score (nSPS) is 9.72. The molecule has 18 heavy (non-hydrogen) atoms. The fourth-order valence-electron chi connectivity index (χ4n) is 0.149. The van der Waals surface area contributed by atoms with E-state index in [2.05, 4.69) is 36.7 Å². The summed E-state index contributed by atoms with van der Waals surface area (Å²) in [5, 5.41) is 7.89. The first kappa shape index (κ1) is 22.2. The van der Waals surface area contributed by atoms with E-state index in [1.807, 2.05) is 0 Å². The maximum absolute atomic E-state index is 9.60. The van der Waals surface area contributed by atoms with E-state index in [1.165, 1.54) is 13.8 Å². The van der Waals surface area contributed by atoms with Crippen molar-refractivity contribution in [1.82, 2.24) is 4.90 Å². The number of nitrogens with zero attached hydrogens (tertiary/aromatic N) is 1. The van der Waals surface area contributed by atoms with Gasteiger partial charge in [-0.05, 0) is 34.5 Å². The molecule has 0 saturated carbocycles. The molecule has 0 aromatic rings. The molecule has 8 heteroatoms. The Morgan fingerprint density at radius 1 is 1.33 bits per heavy atom. The third-order valence-electron chi connectivity index (χ3n) is 1.26. The predicted octanol–water partition coefficient (Wildman–Crippen LogP) is 1.04. The molecular weight excluding hydrogens is 262 g/mol. The van der Waals surface area contributed by atoms with Crippen LogP contribution >= 0.6 is 0 Å². The highest BCUT2D eigenvalue weighted by Crippen LogP contribution is 1.81. The van der Waals surface area contributed by atoms with E-state index in [9.17, 15) is 13.2 Å². The monoisotopic (exact) mass is 285 g/mol. The summed E-state index contributed by atoms with van der Waals surface area (Å²) in [6, 6.07) is 0. The zero-order valence-electron chi connectivity index (χ0n) is 11.5. The Kier molecular flexibility index (Phi) is 15.4. The minimum Gasteiger partial charge on any atom is -0.478 e. The second kappa shape index (κ2) is 12.5. The maximum Gasteiger partial charge on any atom is 0.397 e. The van der Waals surface area contributed by atoms with E-state index in [0.717, 1.165) is 6.54 Å². The molecule has 0 aliphatic rings. The van der Waals surface area contributed by atoms with Crippen molar-refractivity contribution in [1.29, 1.82) is 0 Å². The van der Waals surface area contributed by atoms with Crippen molar-refractivity contribution in [3.8, 4) is 0 Å². The minimum absolute atomic E-state index is 0.0289. The van der Waals surface area contributed by atoms with Gasteiger partial charge >= 0.3 is 16.4 Å². The van der Waals surface area contributed by atoms with E-state index in [4.69, 9.17) is 9.66 Å². The lowest BCUT2D eigenvalue weighted by Gasteiger charge is -2.00. The summed E-state index contributed by atoms with van der Waals surface area (Å²) in [5.41, 5.74) is 0.176. The zero-order chi connectivity index (χ0) is 15.4. The fraction of sp³-hybridized carbons (Fsp3) is 0.700. The van der Waals surface area contributed by atoms with E-state index in [0.29, 0.717) is 0 Å². The molecule has 0 heterocycles. The molecule has 0 fully saturated rings. The van der Waals surface area contributed by atoms with E-state index < -0.39 is 16.4 Å². The average molecular weight is 285 g/mol. The summed E-state index contributed by atoms with van der Waals surface area (Å²) < 4.78 is 30.7. The molecule has 0 aromatic carbocycles. The molecular formula is C10H23NO6S. The number of hydrogen-bond donors (Lipinski definition) is 2. The number of hydrogen-bond acceptors (Lipinski definition) is 5. The average Bonchev–Trinajstić information content (AvgIpc) is 2.17. The molecule has 0 rings (SSSR count). The van der Waals surface area contributed by atoms with Crippen LogP contribution < -0.4 is 0 Å². The Morgan fingerprint density at radius 2 is 1.61 bits per heavy atom. The SMILES string of the molecule is C=C(C)C(=O)O.CCN(C)C.CCOS(=O)(=O)O. The van der Waals surface area contributed by atoms with Gasteiger partial charge < -0.3 is 10.0 Å². The van der Waals surface area contributed by atoms with Gasteiger partial charge in [0.15, 0.2) is 0 Å². The molecule has 0 spiro atoms. The van der Waals surface area contributed by atoms with Gasteiger partial charge in [-0.1, -0.05) is 13.5 Å². The molecule has 0 aliphatic carbocycles. The smallest absolute Gasteiger partial charge is 0.397 e. The Morgan fingerprint density at radius 3 is 1.61 bits per heavy atom. The largest absolute Gasteiger partial charge is 0.478 e. The Labute approximate surface area is 109 Å². The van der Waals surface area contributed by atoms with Gasteiger partial charge in [-0.3, -0.25) is 4.55 Å². The number of carboxylic acid groups (broad SMARTS) is 1. The van der Waals surface area contributed by atoms with Gasteiger partial charge in [-0.25, -0.2) is 8.98 Å². The van der Waals surface area contributed by atoms with Crippen LogP contribution in [-0.2, 0) is 19.4 Å². The third-order valence-corrected chi connectivity index (χ3v) is 1.80. The first-order valence-corrected chi connectivity index (χ1v) is 6.49. The van der Waals surface area contributed by atoms with Crippen molar-refractivity contribution < 1.29 is 27.1 Å². The molecule has 0 bridgehead atoms. The molecule has 0 aliphatic heterocycles. The van der Waals surface area contributed by atoms with Crippen LogP contribution in [0.4, 0.5) is 0 Å². The van der Waals surface area contributed by atoms with Crippen LogP contribution in [0.25, 0.3) is 0 Å². The summed E-state index contributed by atoms with van der Waals surface area (Å²) in [6.07, 6.45) is 0. The number of carbonyl (C=O) groups is 1. The predicted molar refractivity (Wildman–Crippen MR) is 69.9 cm³/mol. The van der Waals surface area contributed by atoms with Gasteiger partial charge in [-0.2, -0.15) is 8.42 Å². The van der Waals surface area contributed by atoms with E-state index >= 15 is 0 Å². The van der Waals surface area contributed by atoms with Crippen molar-refractivity contribution in [2.75, 3.05) is 27.2 Å². The minimum atomic E-state index is -4.17. The first-order chi connectivity index (χ1) is 7.97. The molecule has 110 valence electrons. The quantitative estimate of drug-likeness (QED) is 0.587.